The molecule has 0 unspecified atom stereocenters. The Bertz CT molecular complexity index is 801. The van der Waals surface area contributed by atoms with Crippen LogP contribution in [0.25, 0.3) is 11.1 Å². The first-order chi connectivity index (χ1) is 10.6. The largest absolute Gasteiger partial charge is 0.478 e. The number of esters is 2. The lowest BCUT2D eigenvalue weighted by molar-refractivity contribution is -0.149. The van der Waals surface area contributed by atoms with Gasteiger partial charge in [0.15, 0.2) is 0 Å². The average Bonchev–Trinajstić information content (AvgIpc) is 2.82. The molecule has 0 spiro atoms. The summed E-state index contributed by atoms with van der Waals surface area (Å²) in [5, 5.41) is 8.91. The molecule has 0 fully saturated rings. The number of carbonyl (C=O) groups excluding carboxylic acids is 2. The molecule has 3 rings (SSSR count). The first-order valence-corrected chi connectivity index (χ1v) is 6.48. The van der Waals surface area contributed by atoms with Crippen molar-refractivity contribution in [3.05, 3.63) is 71.3 Å². The van der Waals surface area contributed by atoms with Gasteiger partial charge in [0.2, 0.25) is 0 Å². The Morgan fingerprint density at radius 1 is 0.773 bits per heavy atom. The Morgan fingerprint density at radius 3 is 1.77 bits per heavy atom. The van der Waals surface area contributed by atoms with E-state index in [1.807, 2.05) is 0 Å². The predicted molar refractivity (Wildman–Crippen MR) is 77.8 cm³/mol. The third kappa shape index (κ3) is 2.29. The molecule has 0 aliphatic carbocycles. The highest BCUT2D eigenvalue weighted by Gasteiger charge is 2.34. The van der Waals surface area contributed by atoms with Crippen LogP contribution in [0.1, 0.15) is 21.5 Å². The third-order valence-electron chi connectivity index (χ3n) is 3.33. The maximum absolute atomic E-state index is 12.0. The molecule has 22 heavy (non-hydrogen) atoms. The van der Waals surface area contributed by atoms with Crippen molar-refractivity contribution in [3.8, 4) is 0 Å². The SMILES string of the molecule is O=C1OC(=O)C(c2ccc(C(=O)O)cc2)=C1c1ccccc1. The first-order valence-electron chi connectivity index (χ1n) is 6.48. The van der Waals surface area contributed by atoms with Crippen molar-refractivity contribution < 1.29 is 24.2 Å². The highest BCUT2D eigenvalue weighted by atomic mass is 16.6. The minimum atomic E-state index is -1.06. The maximum Gasteiger partial charge on any atom is 0.347 e. The van der Waals surface area contributed by atoms with E-state index in [0.29, 0.717) is 11.1 Å². The number of benzene rings is 2. The fraction of sp³-hybridized carbons (Fsp3) is 0. The van der Waals surface area contributed by atoms with Crippen LogP contribution >= 0.6 is 0 Å². The van der Waals surface area contributed by atoms with Crippen molar-refractivity contribution >= 4 is 29.1 Å². The van der Waals surface area contributed by atoms with E-state index in [9.17, 15) is 14.4 Å². The van der Waals surface area contributed by atoms with Gasteiger partial charge in [-0.1, -0.05) is 42.5 Å². The summed E-state index contributed by atoms with van der Waals surface area (Å²) in [6.45, 7) is 0. The lowest BCUT2D eigenvalue weighted by Gasteiger charge is -2.03. The molecule has 1 heterocycles. The monoisotopic (exact) mass is 294 g/mol. The van der Waals surface area contributed by atoms with Gasteiger partial charge in [-0.15, -0.1) is 0 Å². The van der Waals surface area contributed by atoms with Gasteiger partial charge in [-0.3, -0.25) is 0 Å². The molecule has 0 radical (unpaired) electrons. The van der Waals surface area contributed by atoms with Crippen LogP contribution in [0.5, 0.6) is 0 Å². The number of cyclic esters (lactones) is 2. The van der Waals surface area contributed by atoms with E-state index in [1.165, 1.54) is 24.3 Å². The molecule has 1 aliphatic rings. The van der Waals surface area contributed by atoms with Crippen LogP contribution in [-0.2, 0) is 14.3 Å². The van der Waals surface area contributed by atoms with Crippen LogP contribution in [0, 0.1) is 0 Å². The normalized spacial score (nSPS) is 14.2. The molecule has 5 heteroatoms. The molecular weight excluding hydrogens is 284 g/mol. The van der Waals surface area contributed by atoms with Gasteiger partial charge >= 0.3 is 17.9 Å². The maximum atomic E-state index is 12.0. The second-order valence-corrected chi connectivity index (χ2v) is 4.68. The number of rotatable bonds is 3. The molecular formula is C17H10O5. The van der Waals surface area contributed by atoms with E-state index in [-0.39, 0.29) is 16.7 Å². The fourth-order valence-corrected chi connectivity index (χ4v) is 2.30. The van der Waals surface area contributed by atoms with E-state index >= 15 is 0 Å². The number of hydrogen-bond acceptors (Lipinski definition) is 4. The molecule has 5 nitrogen and oxygen atoms in total. The molecule has 0 aromatic heterocycles. The van der Waals surface area contributed by atoms with Gasteiger partial charge in [0.05, 0.1) is 16.7 Å². The summed E-state index contributed by atoms with van der Waals surface area (Å²) in [7, 11) is 0. The number of carboxylic acid groups (broad SMARTS) is 1. The minimum absolute atomic E-state index is 0.100. The van der Waals surface area contributed by atoms with Crippen molar-refractivity contribution in [2.45, 2.75) is 0 Å². The Labute approximate surface area is 125 Å². The summed E-state index contributed by atoms with van der Waals surface area (Å²) in [5.74, 6) is -2.49. The van der Waals surface area contributed by atoms with Crippen LogP contribution in [0.4, 0.5) is 0 Å². The van der Waals surface area contributed by atoms with Crippen LogP contribution in [0.3, 0.4) is 0 Å². The van der Waals surface area contributed by atoms with Gasteiger partial charge in [-0.2, -0.15) is 0 Å². The van der Waals surface area contributed by atoms with Gasteiger partial charge in [0.1, 0.15) is 0 Å². The lowest BCUT2D eigenvalue weighted by atomic mass is 9.96. The first kappa shape index (κ1) is 13.8. The number of ether oxygens (including phenoxy) is 1. The van der Waals surface area contributed by atoms with Gasteiger partial charge in [-0.05, 0) is 23.3 Å². The fourth-order valence-electron chi connectivity index (χ4n) is 2.30. The molecule has 0 saturated heterocycles. The van der Waals surface area contributed by atoms with E-state index in [4.69, 9.17) is 9.84 Å². The molecule has 0 atom stereocenters. The molecule has 1 N–H and O–H groups in total. The molecule has 2 aromatic carbocycles. The molecule has 108 valence electrons. The summed E-state index contributed by atoms with van der Waals surface area (Å²) in [4.78, 5) is 34.8. The van der Waals surface area contributed by atoms with Gasteiger partial charge in [0, 0.05) is 0 Å². The molecule has 2 aromatic rings. The van der Waals surface area contributed by atoms with Gasteiger partial charge in [0.25, 0.3) is 0 Å². The second-order valence-electron chi connectivity index (χ2n) is 4.68. The summed E-state index contributed by atoms with van der Waals surface area (Å²) >= 11 is 0. The second kappa shape index (κ2) is 5.29. The number of hydrogen-bond donors (Lipinski definition) is 1. The van der Waals surface area contributed by atoms with Crippen LogP contribution in [-0.4, -0.2) is 23.0 Å². The van der Waals surface area contributed by atoms with E-state index in [0.717, 1.165) is 0 Å². The molecule has 0 amide bonds. The topological polar surface area (TPSA) is 80.7 Å². The zero-order chi connectivity index (χ0) is 15.7. The molecule has 0 bridgehead atoms. The average molecular weight is 294 g/mol. The summed E-state index contributed by atoms with van der Waals surface area (Å²) in [6.07, 6.45) is 0. The molecule has 1 aliphatic heterocycles. The van der Waals surface area contributed by atoms with Gasteiger partial charge in [-0.25, -0.2) is 14.4 Å². The summed E-state index contributed by atoms with van der Waals surface area (Å²) in [5.41, 5.74) is 1.46. The minimum Gasteiger partial charge on any atom is -0.478 e. The Balaban J connectivity index is 2.16. The predicted octanol–water partition coefficient (Wildman–Crippen LogP) is 2.38. The smallest absolute Gasteiger partial charge is 0.347 e. The van der Waals surface area contributed by atoms with Crippen molar-refractivity contribution in [2.24, 2.45) is 0 Å². The zero-order valence-corrected chi connectivity index (χ0v) is 11.3. The standard InChI is InChI=1S/C17H10O5/c18-15(19)12-8-6-11(7-9-12)14-13(16(20)22-17(14)21)10-4-2-1-3-5-10/h1-9H,(H,18,19). The van der Waals surface area contributed by atoms with Crippen molar-refractivity contribution in [1.82, 2.24) is 0 Å². The van der Waals surface area contributed by atoms with Crippen molar-refractivity contribution in [1.29, 1.82) is 0 Å². The highest BCUT2D eigenvalue weighted by Crippen LogP contribution is 2.33. The van der Waals surface area contributed by atoms with Crippen molar-refractivity contribution in [3.63, 3.8) is 0 Å². The Hall–Kier alpha value is -3.21. The van der Waals surface area contributed by atoms with Gasteiger partial charge < -0.3 is 9.84 Å². The van der Waals surface area contributed by atoms with Crippen LogP contribution in [0.15, 0.2) is 54.6 Å². The quantitative estimate of drug-likeness (QED) is 0.694. The van der Waals surface area contributed by atoms with Crippen LogP contribution < -0.4 is 0 Å². The lowest BCUT2D eigenvalue weighted by Crippen LogP contribution is -2.02. The third-order valence-corrected chi connectivity index (χ3v) is 3.33. The summed E-state index contributed by atoms with van der Waals surface area (Å²) < 4.78 is 4.70. The number of carbonyl (C=O) groups is 3. The number of carboxylic acids is 1. The number of aromatic carboxylic acids is 1. The van der Waals surface area contributed by atoms with E-state index < -0.39 is 17.9 Å². The highest BCUT2D eigenvalue weighted by molar-refractivity contribution is 6.44. The molecule has 0 saturated carbocycles. The zero-order valence-electron chi connectivity index (χ0n) is 11.3. The summed E-state index contributed by atoms with van der Waals surface area (Å²) in [6, 6.07) is 14.5. The Morgan fingerprint density at radius 2 is 1.27 bits per heavy atom. The Kier molecular flexibility index (Phi) is 3.31. The van der Waals surface area contributed by atoms with Crippen molar-refractivity contribution in [2.75, 3.05) is 0 Å². The van der Waals surface area contributed by atoms with E-state index in [1.54, 1.807) is 30.3 Å². The van der Waals surface area contributed by atoms with E-state index in [2.05, 4.69) is 0 Å². The van der Waals surface area contributed by atoms with Crippen LogP contribution in [0.2, 0.25) is 0 Å².